The summed E-state index contributed by atoms with van der Waals surface area (Å²) in [5.74, 6) is 0.144. The first kappa shape index (κ1) is 14.5. The Hall–Kier alpha value is -0.940. The van der Waals surface area contributed by atoms with Crippen LogP contribution in [-0.2, 0) is 0 Å². The number of aromatic nitrogens is 1. The lowest BCUT2D eigenvalue weighted by Crippen LogP contribution is -2.39. The van der Waals surface area contributed by atoms with Crippen molar-refractivity contribution in [3.8, 4) is 0 Å². The van der Waals surface area contributed by atoms with E-state index in [2.05, 4.69) is 16.6 Å². The molecule has 19 heavy (non-hydrogen) atoms. The van der Waals surface area contributed by atoms with Crippen molar-refractivity contribution in [1.82, 2.24) is 10.3 Å². The molecule has 1 aromatic heterocycles. The number of nitrogens with zero attached hydrogens (tertiary/aromatic N) is 1. The van der Waals surface area contributed by atoms with Crippen molar-refractivity contribution in [2.75, 3.05) is 12.0 Å². The molecule has 2 rings (SSSR count). The van der Waals surface area contributed by atoms with Gasteiger partial charge in [-0.2, -0.15) is 11.8 Å². The van der Waals surface area contributed by atoms with Crippen LogP contribution in [0.2, 0.25) is 5.02 Å². The molecule has 0 bridgehead atoms. The van der Waals surface area contributed by atoms with Gasteiger partial charge in [0.1, 0.15) is 5.82 Å². The lowest BCUT2D eigenvalue weighted by molar-refractivity contribution is 0.0928. The Balaban J connectivity index is 2.02. The summed E-state index contributed by atoms with van der Waals surface area (Å²) in [5, 5.41) is 4.02. The second-order valence-corrected chi connectivity index (χ2v) is 6.33. The van der Waals surface area contributed by atoms with Gasteiger partial charge in [-0.05, 0) is 31.6 Å². The zero-order valence-corrected chi connectivity index (χ0v) is 12.4. The summed E-state index contributed by atoms with van der Waals surface area (Å²) < 4.78 is 0. The van der Waals surface area contributed by atoms with E-state index in [9.17, 15) is 4.79 Å². The van der Waals surface area contributed by atoms with E-state index < -0.39 is 0 Å². The van der Waals surface area contributed by atoms with Crippen LogP contribution < -0.4 is 11.1 Å². The summed E-state index contributed by atoms with van der Waals surface area (Å²) in [6.45, 7) is 0. The minimum absolute atomic E-state index is 0.161. The molecule has 1 saturated carbocycles. The van der Waals surface area contributed by atoms with Crippen LogP contribution in [0.5, 0.6) is 0 Å². The lowest BCUT2D eigenvalue weighted by Gasteiger charge is -2.28. The maximum Gasteiger partial charge on any atom is 0.253 e. The highest BCUT2D eigenvalue weighted by molar-refractivity contribution is 7.99. The summed E-state index contributed by atoms with van der Waals surface area (Å²) in [7, 11) is 0. The summed E-state index contributed by atoms with van der Waals surface area (Å²) in [5.41, 5.74) is 5.99. The molecule has 3 N–H and O–H groups in total. The molecular weight excluding hydrogens is 282 g/mol. The summed E-state index contributed by atoms with van der Waals surface area (Å²) >= 11 is 7.85. The lowest BCUT2D eigenvalue weighted by atomic mass is 9.94. The van der Waals surface area contributed by atoms with Crippen molar-refractivity contribution in [1.29, 1.82) is 0 Å². The molecule has 6 heteroatoms. The number of amides is 1. The fraction of sp³-hybridized carbons (Fsp3) is 0.538. The molecule has 2 unspecified atom stereocenters. The van der Waals surface area contributed by atoms with E-state index >= 15 is 0 Å². The molecule has 1 aliphatic carbocycles. The highest BCUT2D eigenvalue weighted by Crippen LogP contribution is 2.27. The van der Waals surface area contributed by atoms with E-state index in [0.29, 0.717) is 21.7 Å². The van der Waals surface area contributed by atoms with E-state index in [1.807, 2.05) is 11.8 Å². The van der Waals surface area contributed by atoms with E-state index in [-0.39, 0.29) is 11.9 Å². The number of carbonyl (C=O) groups excluding carboxylic acids is 1. The molecule has 2 atom stereocenters. The molecule has 0 aliphatic heterocycles. The third kappa shape index (κ3) is 3.76. The molecule has 1 amide bonds. The number of rotatable bonds is 3. The second-order valence-electron chi connectivity index (χ2n) is 4.78. The SMILES string of the molecule is CSC1CCCC(NC(=O)c2cc(N)ncc2Cl)C1. The number of anilines is 1. The van der Waals surface area contributed by atoms with Crippen LogP contribution in [0.1, 0.15) is 36.0 Å². The number of nitrogens with one attached hydrogen (secondary N) is 1. The maximum absolute atomic E-state index is 12.2. The zero-order chi connectivity index (χ0) is 13.8. The predicted molar refractivity (Wildman–Crippen MR) is 80.7 cm³/mol. The van der Waals surface area contributed by atoms with Gasteiger partial charge < -0.3 is 11.1 Å². The van der Waals surface area contributed by atoms with Gasteiger partial charge >= 0.3 is 0 Å². The van der Waals surface area contributed by atoms with Crippen molar-refractivity contribution in [3.63, 3.8) is 0 Å². The molecule has 1 aromatic rings. The van der Waals surface area contributed by atoms with Crippen LogP contribution in [-0.4, -0.2) is 28.4 Å². The van der Waals surface area contributed by atoms with E-state index in [4.69, 9.17) is 17.3 Å². The number of thioether (sulfide) groups is 1. The fourth-order valence-electron chi connectivity index (χ4n) is 2.38. The van der Waals surface area contributed by atoms with E-state index in [1.165, 1.54) is 18.7 Å². The number of nitrogens with two attached hydrogens (primary N) is 1. The molecule has 1 heterocycles. The van der Waals surface area contributed by atoms with Gasteiger partial charge in [-0.25, -0.2) is 4.98 Å². The summed E-state index contributed by atoms with van der Waals surface area (Å²) in [4.78, 5) is 16.1. The summed E-state index contributed by atoms with van der Waals surface area (Å²) in [6.07, 6.45) is 7.97. The Morgan fingerprint density at radius 1 is 1.58 bits per heavy atom. The molecular formula is C13H18ClN3OS. The predicted octanol–water partition coefficient (Wildman–Crippen LogP) is 2.72. The molecule has 0 radical (unpaired) electrons. The highest BCUT2D eigenvalue weighted by atomic mass is 35.5. The van der Waals surface area contributed by atoms with Gasteiger partial charge in [-0.1, -0.05) is 18.0 Å². The van der Waals surface area contributed by atoms with Gasteiger partial charge in [-0.15, -0.1) is 0 Å². The Morgan fingerprint density at radius 2 is 2.37 bits per heavy atom. The van der Waals surface area contributed by atoms with Gasteiger partial charge in [0, 0.05) is 17.5 Å². The van der Waals surface area contributed by atoms with Gasteiger partial charge in [0.15, 0.2) is 0 Å². The topological polar surface area (TPSA) is 68.0 Å². The molecule has 0 spiro atoms. The Morgan fingerprint density at radius 3 is 3.11 bits per heavy atom. The molecule has 4 nitrogen and oxygen atoms in total. The first-order valence-electron chi connectivity index (χ1n) is 6.35. The van der Waals surface area contributed by atoms with Gasteiger partial charge in [-0.3, -0.25) is 4.79 Å². The first-order valence-corrected chi connectivity index (χ1v) is 8.01. The quantitative estimate of drug-likeness (QED) is 0.900. The molecule has 0 saturated heterocycles. The fourth-order valence-corrected chi connectivity index (χ4v) is 3.40. The van der Waals surface area contributed by atoms with Crippen LogP contribution in [0.15, 0.2) is 12.3 Å². The van der Waals surface area contributed by atoms with Crippen LogP contribution in [0.3, 0.4) is 0 Å². The molecule has 1 fully saturated rings. The third-order valence-corrected chi connectivity index (χ3v) is 4.81. The highest BCUT2D eigenvalue weighted by Gasteiger charge is 2.23. The van der Waals surface area contributed by atoms with Gasteiger partial charge in [0.25, 0.3) is 5.91 Å². The van der Waals surface area contributed by atoms with Crippen molar-refractivity contribution >= 4 is 35.1 Å². The monoisotopic (exact) mass is 299 g/mol. The smallest absolute Gasteiger partial charge is 0.253 e. The van der Waals surface area contributed by atoms with Crippen molar-refractivity contribution < 1.29 is 4.79 Å². The minimum atomic E-state index is -0.161. The number of halogens is 1. The minimum Gasteiger partial charge on any atom is -0.384 e. The van der Waals surface area contributed by atoms with Crippen LogP contribution in [0.4, 0.5) is 5.82 Å². The first-order chi connectivity index (χ1) is 9.10. The number of hydrogen-bond acceptors (Lipinski definition) is 4. The third-order valence-electron chi connectivity index (χ3n) is 3.42. The molecule has 104 valence electrons. The van der Waals surface area contributed by atoms with Crippen LogP contribution >= 0.6 is 23.4 Å². The Labute approximate surface area is 122 Å². The number of nitrogen functional groups attached to an aromatic ring is 1. The van der Waals surface area contributed by atoms with Crippen molar-refractivity contribution in [2.45, 2.75) is 37.0 Å². The number of hydrogen-bond donors (Lipinski definition) is 2. The Kier molecular flexibility index (Phi) is 4.93. The number of carbonyl (C=O) groups is 1. The standard InChI is InChI=1S/C13H18ClN3OS/c1-19-9-4-2-3-8(5-9)17-13(18)10-6-12(15)16-7-11(10)14/h6-9H,2-5H2,1H3,(H2,15,16)(H,17,18). The van der Waals surface area contributed by atoms with Crippen molar-refractivity contribution in [2.24, 2.45) is 0 Å². The largest absolute Gasteiger partial charge is 0.384 e. The normalized spacial score (nSPS) is 23.1. The van der Waals surface area contributed by atoms with E-state index in [0.717, 1.165) is 19.3 Å². The molecule has 1 aliphatic rings. The van der Waals surface area contributed by atoms with Gasteiger partial charge in [0.2, 0.25) is 0 Å². The maximum atomic E-state index is 12.2. The number of pyridine rings is 1. The van der Waals surface area contributed by atoms with Crippen molar-refractivity contribution in [3.05, 3.63) is 22.8 Å². The van der Waals surface area contributed by atoms with E-state index in [1.54, 1.807) is 0 Å². The molecule has 0 aromatic carbocycles. The van der Waals surface area contributed by atoms with Gasteiger partial charge in [0.05, 0.1) is 10.6 Å². The second kappa shape index (κ2) is 6.48. The Bertz CT molecular complexity index is 469. The zero-order valence-electron chi connectivity index (χ0n) is 10.9. The van der Waals surface area contributed by atoms with Crippen LogP contribution in [0.25, 0.3) is 0 Å². The van der Waals surface area contributed by atoms with Crippen LogP contribution in [0, 0.1) is 0 Å². The average molecular weight is 300 g/mol. The average Bonchev–Trinajstić information content (AvgIpc) is 2.41. The summed E-state index contributed by atoms with van der Waals surface area (Å²) in [6, 6.07) is 1.75.